The third kappa shape index (κ3) is 8.52. The zero-order valence-electron chi connectivity index (χ0n) is 15.4. The molecule has 26 heavy (non-hydrogen) atoms. The number of hydrogen-bond donors (Lipinski definition) is 0. The second-order valence-electron chi connectivity index (χ2n) is 5.13. The standard InChI is InChI=1S/C17H26NO5PS2/c1-4-22-16(19)12-18(14-24(21,25-5-2)26-6-3)17(20)23-13-15-10-8-7-9-11-15/h7-11H,4-6,12-14H2,1-3H3. The molecule has 0 heterocycles. The molecule has 0 bridgehead atoms. The van der Waals surface area contributed by atoms with E-state index in [9.17, 15) is 14.2 Å². The van der Waals surface area contributed by atoms with Crippen LogP contribution in [0.2, 0.25) is 0 Å². The molecule has 0 fully saturated rings. The van der Waals surface area contributed by atoms with E-state index in [2.05, 4.69) is 0 Å². The fourth-order valence-electron chi connectivity index (χ4n) is 2.07. The largest absolute Gasteiger partial charge is 0.465 e. The van der Waals surface area contributed by atoms with Crippen molar-refractivity contribution in [3.63, 3.8) is 0 Å². The number of ether oxygens (including phenoxy) is 2. The SMILES string of the molecule is CCOC(=O)CN(CP(=O)(SCC)SCC)C(=O)OCc1ccccc1. The fraction of sp³-hybridized carbons (Fsp3) is 0.529. The average molecular weight is 420 g/mol. The van der Waals surface area contributed by atoms with Crippen LogP contribution in [0.3, 0.4) is 0 Å². The Kier molecular flexibility index (Phi) is 10.9. The van der Waals surface area contributed by atoms with Crippen molar-refractivity contribution >= 4 is 40.4 Å². The van der Waals surface area contributed by atoms with Crippen LogP contribution >= 0.6 is 28.3 Å². The van der Waals surface area contributed by atoms with Gasteiger partial charge in [-0.2, -0.15) is 0 Å². The van der Waals surface area contributed by atoms with E-state index >= 15 is 0 Å². The highest BCUT2D eigenvalue weighted by Crippen LogP contribution is 2.68. The molecule has 0 unspecified atom stereocenters. The lowest BCUT2D eigenvalue weighted by Crippen LogP contribution is -2.37. The summed E-state index contributed by atoms with van der Waals surface area (Å²) in [7, 11) is 0. The summed E-state index contributed by atoms with van der Waals surface area (Å²) in [5, 5.41) is 0. The highest BCUT2D eigenvalue weighted by Gasteiger charge is 2.30. The van der Waals surface area contributed by atoms with Gasteiger partial charge in [-0.05, 0) is 24.0 Å². The second-order valence-corrected chi connectivity index (χ2v) is 14.1. The number of esters is 1. The zero-order chi connectivity index (χ0) is 19.4. The van der Waals surface area contributed by atoms with Crippen molar-refractivity contribution in [2.45, 2.75) is 27.4 Å². The Morgan fingerprint density at radius 1 is 1.04 bits per heavy atom. The van der Waals surface area contributed by atoms with E-state index in [1.807, 2.05) is 44.2 Å². The minimum Gasteiger partial charge on any atom is -0.465 e. The maximum Gasteiger partial charge on any atom is 0.411 e. The minimum absolute atomic E-state index is 0.0313. The number of amides is 1. The van der Waals surface area contributed by atoms with Crippen molar-refractivity contribution < 1.29 is 23.6 Å². The first-order valence-corrected chi connectivity index (χ1v) is 13.5. The predicted molar refractivity (Wildman–Crippen MR) is 109 cm³/mol. The van der Waals surface area contributed by atoms with Gasteiger partial charge in [0.15, 0.2) is 0 Å². The van der Waals surface area contributed by atoms with Gasteiger partial charge in [-0.25, -0.2) is 4.79 Å². The lowest BCUT2D eigenvalue weighted by molar-refractivity contribution is -0.143. The van der Waals surface area contributed by atoms with Crippen LogP contribution < -0.4 is 0 Å². The molecule has 0 N–H and O–H groups in total. The number of hydrogen-bond acceptors (Lipinski definition) is 7. The van der Waals surface area contributed by atoms with Gasteiger partial charge < -0.3 is 9.47 Å². The number of benzene rings is 1. The molecule has 1 aromatic carbocycles. The van der Waals surface area contributed by atoms with Crippen LogP contribution in [0.15, 0.2) is 30.3 Å². The van der Waals surface area contributed by atoms with E-state index in [0.717, 1.165) is 5.56 Å². The molecule has 1 aromatic rings. The van der Waals surface area contributed by atoms with Gasteiger partial charge in [-0.3, -0.25) is 14.3 Å². The molecule has 0 aliphatic rings. The van der Waals surface area contributed by atoms with E-state index in [1.165, 1.54) is 27.7 Å². The lowest BCUT2D eigenvalue weighted by Gasteiger charge is -2.25. The van der Waals surface area contributed by atoms with Gasteiger partial charge in [0.05, 0.1) is 12.9 Å². The second kappa shape index (κ2) is 12.3. The normalized spacial score (nSPS) is 11.0. The molecule has 1 amide bonds. The molecule has 0 saturated heterocycles. The summed E-state index contributed by atoms with van der Waals surface area (Å²) >= 11 is 2.64. The van der Waals surface area contributed by atoms with Crippen LogP contribution in [0.4, 0.5) is 4.79 Å². The maximum absolute atomic E-state index is 13.1. The van der Waals surface area contributed by atoms with E-state index in [4.69, 9.17) is 9.47 Å². The summed E-state index contributed by atoms with van der Waals surface area (Å²) in [6.07, 6.45) is -0.702. The molecular formula is C17H26NO5PS2. The summed E-state index contributed by atoms with van der Waals surface area (Å²) in [5.41, 5.74) is -1.91. The molecule has 0 aliphatic carbocycles. The Balaban J connectivity index is 2.83. The van der Waals surface area contributed by atoms with Crippen LogP contribution in [0.1, 0.15) is 26.3 Å². The summed E-state index contributed by atoms with van der Waals surface area (Å²) in [6.45, 7) is 5.55. The van der Waals surface area contributed by atoms with Crippen LogP contribution in [0, 0.1) is 0 Å². The summed E-state index contributed by atoms with van der Waals surface area (Å²) < 4.78 is 23.3. The third-order valence-corrected chi connectivity index (χ3v) is 11.6. The van der Waals surface area contributed by atoms with Crippen molar-refractivity contribution in [3.05, 3.63) is 35.9 Å². The van der Waals surface area contributed by atoms with Gasteiger partial charge in [0.2, 0.25) is 5.55 Å². The first-order chi connectivity index (χ1) is 12.4. The summed E-state index contributed by atoms with van der Waals surface area (Å²) in [6, 6.07) is 9.26. The lowest BCUT2D eigenvalue weighted by atomic mass is 10.2. The van der Waals surface area contributed by atoms with Gasteiger partial charge in [-0.15, -0.1) is 0 Å². The Morgan fingerprint density at radius 3 is 2.19 bits per heavy atom. The van der Waals surface area contributed by atoms with Crippen molar-refractivity contribution in [3.8, 4) is 0 Å². The summed E-state index contributed by atoms with van der Waals surface area (Å²) in [5.74, 6) is 0.784. The Morgan fingerprint density at radius 2 is 1.65 bits per heavy atom. The van der Waals surface area contributed by atoms with E-state index in [-0.39, 0.29) is 26.0 Å². The van der Waals surface area contributed by atoms with Gasteiger partial charge in [0, 0.05) is 0 Å². The van der Waals surface area contributed by atoms with E-state index in [1.54, 1.807) is 6.92 Å². The molecular weight excluding hydrogens is 393 g/mol. The van der Waals surface area contributed by atoms with E-state index in [0.29, 0.717) is 11.5 Å². The van der Waals surface area contributed by atoms with Gasteiger partial charge >= 0.3 is 12.1 Å². The topological polar surface area (TPSA) is 72.9 Å². The molecule has 9 heteroatoms. The Labute approximate surface area is 163 Å². The van der Waals surface area contributed by atoms with Crippen LogP contribution in [-0.4, -0.2) is 47.9 Å². The quantitative estimate of drug-likeness (QED) is 0.375. The smallest absolute Gasteiger partial charge is 0.411 e. The van der Waals surface area contributed by atoms with E-state index < -0.39 is 17.6 Å². The molecule has 0 radical (unpaired) electrons. The number of rotatable bonds is 11. The molecule has 1 rings (SSSR count). The third-order valence-electron chi connectivity index (χ3n) is 3.08. The predicted octanol–water partition coefficient (Wildman–Crippen LogP) is 4.85. The summed E-state index contributed by atoms with van der Waals surface area (Å²) in [4.78, 5) is 25.5. The average Bonchev–Trinajstić information content (AvgIpc) is 2.60. The highest BCUT2D eigenvalue weighted by molar-refractivity contribution is 8.90. The van der Waals surface area contributed by atoms with Crippen molar-refractivity contribution in [2.24, 2.45) is 0 Å². The van der Waals surface area contributed by atoms with Crippen molar-refractivity contribution in [1.82, 2.24) is 4.90 Å². The molecule has 0 aliphatic heterocycles. The molecule has 0 spiro atoms. The fourth-order valence-corrected chi connectivity index (χ4v) is 10.2. The minimum atomic E-state index is -2.75. The van der Waals surface area contributed by atoms with Gasteiger partial charge in [-0.1, -0.05) is 66.9 Å². The molecule has 0 saturated carbocycles. The first kappa shape index (κ1) is 22.9. The van der Waals surface area contributed by atoms with Crippen molar-refractivity contribution in [2.75, 3.05) is 30.9 Å². The number of carbonyl (C=O) groups excluding carboxylic acids is 2. The highest BCUT2D eigenvalue weighted by atomic mass is 33.1. The zero-order valence-corrected chi connectivity index (χ0v) is 17.9. The van der Waals surface area contributed by atoms with Gasteiger partial charge in [0.1, 0.15) is 13.2 Å². The first-order valence-electron chi connectivity index (χ1n) is 8.43. The monoisotopic (exact) mass is 419 g/mol. The van der Waals surface area contributed by atoms with Crippen LogP contribution in [0.5, 0.6) is 0 Å². The Hall–Kier alpha value is -1.11. The molecule has 146 valence electrons. The maximum atomic E-state index is 13.1. The Bertz CT molecular complexity index is 604. The van der Waals surface area contributed by atoms with Crippen LogP contribution in [0.25, 0.3) is 0 Å². The van der Waals surface area contributed by atoms with Crippen molar-refractivity contribution in [1.29, 1.82) is 0 Å². The molecule has 6 nitrogen and oxygen atoms in total. The molecule has 0 atom stereocenters. The molecule has 0 aromatic heterocycles. The number of carbonyl (C=O) groups is 2. The van der Waals surface area contributed by atoms with Gasteiger partial charge in [0.25, 0.3) is 0 Å². The van der Waals surface area contributed by atoms with Crippen LogP contribution in [-0.2, 0) is 25.4 Å². The number of nitrogens with zero attached hydrogens (tertiary/aromatic N) is 1.